The van der Waals surface area contributed by atoms with E-state index in [0.29, 0.717) is 6.54 Å². The SMILES string of the molecule is CCN(CC)CC(O)CNCc1ccc(OC)cc1. The normalized spacial score (nSPS) is 12.7. The minimum Gasteiger partial charge on any atom is -0.497 e. The van der Waals surface area contributed by atoms with E-state index in [2.05, 4.69) is 24.1 Å². The van der Waals surface area contributed by atoms with Gasteiger partial charge in [-0.2, -0.15) is 0 Å². The molecule has 2 N–H and O–H groups in total. The van der Waals surface area contributed by atoms with Gasteiger partial charge >= 0.3 is 0 Å². The first-order valence-electron chi connectivity index (χ1n) is 6.93. The highest BCUT2D eigenvalue weighted by Crippen LogP contribution is 2.10. The maximum absolute atomic E-state index is 9.92. The first-order chi connectivity index (χ1) is 9.19. The zero-order chi connectivity index (χ0) is 14.1. The Bertz CT molecular complexity index is 337. The molecular formula is C15H26N2O2. The zero-order valence-corrected chi connectivity index (χ0v) is 12.2. The van der Waals surface area contributed by atoms with E-state index in [1.807, 2.05) is 24.3 Å². The molecule has 19 heavy (non-hydrogen) atoms. The second-order valence-electron chi connectivity index (χ2n) is 4.62. The molecule has 4 nitrogen and oxygen atoms in total. The average Bonchev–Trinajstić information content (AvgIpc) is 2.45. The number of hydrogen-bond donors (Lipinski definition) is 2. The quantitative estimate of drug-likeness (QED) is 0.711. The van der Waals surface area contributed by atoms with Crippen LogP contribution in [0.2, 0.25) is 0 Å². The Morgan fingerprint density at radius 1 is 1.21 bits per heavy atom. The number of likely N-dealkylation sites (N-methyl/N-ethyl adjacent to an activating group) is 1. The molecule has 1 aromatic carbocycles. The number of nitrogens with zero attached hydrogens (tertiary/aromatic N) is 1. The monoisotopic (exact) mass is 266 g/mol. The van der Waals surface area contributed by atoms with E-state index < -0.39 is 0 Å². The lowest BCUT2D eigenvalue weighted by molar-refractivity contribution is 0.116. The van der Waals surface area contributed by atoms with Crippen LogP contribution in [0.25, 0.3) is 0 Å². The molecule has 4 heteroatoms. The van der Waals surface area contributed by atoms with Crippen LogP contribution in [0.3, 0.4) is 0 Å². The van der Waals surface area contributed by atoms with Crippen LogP contribution in [0.1, 0.15) is 19.4 Å². The Morgan fingerprint density at radius 3 is 2.37 bits per heavy atom. The minimum atomic E-state index is -0.321. The van der Waals surface area contributed by atoms with Crippen LogP contribution in [0.4, 0.5) is 0 Å². The summed E-state index contributed by atoms with van der Waals surface area (Å²) in [5.74, 6) is 0.866. The smallest absolute Gasteiger partial charge is 0.118 e. The maximum Gasteiger partial charge on any atom is 0.118 e. The van der Waals surface area contributed by atoms with Crippen LogP contribution in [0.15, 0.2) is 24.3 Å². The molecule has 1 unspecified atom stereocenters. The zero-order valence-electron chi connectivity index (χ0n) is 12.2. The highest BCUT2D eigenvalue weighted by Gasteiger charge is 2.08. The van der Waals surface area contributed by atoms with Crippen molar-refractivity contribution in [1.29, 1.82) is 0 Å². The molecule has 0 amide bonds. The van der Waals surface area contributed by atoms with Crippen LogP contribution in [0.5, 0.6) is 5.75 Å². The van der Waals surface area contributed by atoms with E-state index in [4.69, 9.17) is 4.74 Å². The van der Waals surface area contributed by atoms with E-state index in [9.17, 15) is 5.11 Å². The summed E-state index contributed by atoms with van der Waals surface area (Å²) in [7, 11) is 1.66. The lowest BCUT2D eigenvalue weighted by Crippen LogP contribution is -2.38. The van der Waals surface area contributed by atoms with Gasteiger partial charge in [-0.1, -0.05) is 26.0 Å². The van der Waals surface area contributed by atoms with Crippen molar-refractivity contribution < 1.29 is 9.84 Å². The lowest BCUT2D eigenvalue weighted by atomic mass is 10.2. The van der Waals surface area contributed by atoms with Crippen LogP contribution in [-0.4, -0.2) is 49.4 Å². The number of aliphatic hydroxyl groups excluding tert-OH is 1. The molecule has 0 aliphatic carbocycles. The molecule has 1 aromatic rings. The van der Waals surface area contributed by atoms with Gasteiger partial charge in [0.25, 0.3) is 0 Å². The molecule has 0 spiro atoms. The molecule has 1 atom stereocenters. The number of hydrogen-bond acceptors (Lipinski definition) is 4. The number of aliphatic hydroxyl groups is 1. The largest absolute Gasteiger partial charge is 0.497 e. The first kappa shape index (κ1) is 16.0. The van der Waals surface area contributed by atoms with Gasteiger partial charge < -0.3 is 20.1 Å². The van der Waals surface area contributed by atoms with Crippen molar-refractivity contribution in [3.05, 3.63) is 29.8 Å². The second-order valence-corrected chi connectivity index (χ2v) is 4.62. The molecule has 1 rings (SSSR count). The predicted molar refractivity (Wildman–Crippen MR) is 78.5 cm³/mol. The Balaban J connectivity index is 2.25. The van der Waals surface area contributed by atoms with E-state index in [0.717, 1.165) is 31.9 Å². The Morgan fingerprint density at radius 2 is 1.84 bits per heavy atom. The fraction of sp³-hybridized carbons (Fsp3) is 0.600. The molecule has 0 heterocycles. The summed E-state index contributed by atoms with van der Waals surface area (Å²) < 4.78 is 5.11. The molecule has 0 bridgehead atoms. The molecule has 0 radical (unpaired) electrons. The number of nitrogens with one attached hydrogen (secondary N) is 1. The van der Waals surface area contributed by atoms with Crippen molar-refractivity contribution in [3.8, 4) is 5.75 Å². The highest BCUT2D eigenvalue weighted by molar-refractivity contribution is 5.26. The van der Waals surface area contributed by atoms with Crippen molar-refractivity contribution in [3.63, 3.8) is 0 Å². The van der Waals surface area contributed by atoms with Gasteiger partial charge in [0.1, 0.15) is 5.75 Å². The van der Waals surface area contributed by atoms with Crippen molar-refractivity contribution in [1.82, 2.24) is 10.2 Å². The van der Waals surface area contributed by atoms with Gasteiger partial charge in [0.15, 0.2) is 0 Å². The topological polar surface area (TPSA) is 44.7 Å². The van der Waals surface area contributed by atoms with Crippen LogP contribution in [-0.2, 0) is 6.54 Å². The third kappa shape index (κ3) is 6.05. The Labute approximate surface area is 116 Å². The summed E-state index contributed by atoms with van der Waals surface area (Å²) in [6.45, 7) is 8.28. The molecule has 0 aliphatic rings. The van der Waals surface area contributed by atoms with Gasteiger partial charge in [0, 0.05) is 19.6 Å². The molecule has 0 saturated carbocycles. The van der Waals surface area contributed by atoms with Gasteiger partial charge in [0.05, 0.1) is 13.2 Å². The number of ether oxygens (including phenoxy) is 1. The van der Waals surface area contributed by atoms with E-state index in [-0.39, 0.29) is 6.10 Å². The van der Waals surface area contributed by atoms with E-state index in [1.54, 1.807) is 7.11 Å². The molecule has 0 aliphatic heterocycles. The van der Waals surface area contributed by atoms with Gasteiger partial charge in [-0.15, -0.1) is 0 Å². The van der Waals surface area contributed by atoms with Crippen LogP contribution < -0.4 is 10.1 Å². The number of benzene rings is 1. The standard InChI is InChI=1S/C15H26N2O2/c1-4-17(5-2)12-14(18)11-16-10-13-6-8-15(19-3)9-7-13/h6-9,14,16,18H,4-5,10-12H2,1-3H3. The van der Waals surface area contributed by atoms with Crippen molar-refractivity contribution in [2.24, 2.45) is 0 Å². The van der Waals surface area contributed by atoms with Gasteiger partial charge in [-0.05, 0) is 30.8 Å². The van der Waals surface area contributed by atoms with Crippen molar-refractivity contribution in [2.75, 3.05) is 33.3 Å². The Kier molecular flexibility index (Phi) is 7.48. The van der Waals surface area contributed by atoms with Gasteiger partial charge in [-0.3, -0.25) is 0 Å². The number of methoxy groups -OCH3 is 1. The summed E-state index contributed by atoms with van der Waals surface area (Å²) in [6.07, 6.45) is -0.321. The third-order valence-corrected chi connectivity index (χ3v) is 3.23. The summed E-state index contributed by atoms with van der Waals surface area (Å²) in [4.78, 5) is 2.22. The van der Waals surface area contributed by atoms with Crippen molar-refractivity contribution >= 4 is 0 Å². The summed E-state index contributed by atoms with van der Waals surface area (Å²) in [6, 6.07) is 7.96. The van der Waals surface area contributed by atoms with Gasteiger partial charge in [0.2, 0.25) is 0 Å². The molecule has 0 saturated heterocycles. The van der Waals surface area contributed by atoms with Crippen LogP contribution >= 0.6 is 0 Å². The molecule has 0 aromatic heterocycles. The second kappa shape index (κ2) is 8.91. The van der Waals surface area contributed by atoms with Crippen LogP contribution in [0, 0.1) is 0 Å². The summed E-state index contributed by atoms with van der Waals surface area (Å²) in [5.41, 5.74) is 1.19. The Hall–Kier alpha value is -1.10. The van der Waals surface area contributed by atoms with Gasteiger partial charge in [-0.25, -0.2) is 0 Å². The lowest BCUT2D eigenvalue weighted by Gasteiger charge is -2.22. The average molecular weight is 266 g/mol. The molecule has 108 valence electrons. The fourth-order valence-corrected chi connectivity index (χ4v) is 1.97. The molecule has 0 fully saturated rings. The maximum atomic E-state index is 9.92. The highest BCUT2D eigenvalue weighted by atomic mass is 16.5. The molecular weight excluding hydrogens is 240 g/mol. The predicted octanol–water partition coefficient (Wildman–Crippen LogP) is 1.49. The van der Waals surface area contributed by atoms with E-state index >= 15 is 0 Å². The fourth-order valence-electron chi connectivity index (χ4n) is 1.97. The summed E-state index contributed by atoms with van der Waals surface area (Å²) >= 11 is 0. The van der Waals surface area contributed by atoms with Crippen molar-refractivity contribution in [2.45, 2.75) is 26.5 Å². The number of rotatable bonds is 9. The van der Waals surface area contributed by atoms with E-state index in [1.165, 1.54) is 5.56 Å². The first-order valence-corrected chi connectivity index (χ1v) is 6.93. The minimum absolute atomic E-state index is 0.321. The third-order valence-electron chi connectivity index (χ3n) is 3.23. The summed E-state index contributed by atoms with van der Waals surface area (Å²) in [5, 5.41) is 13.2.